The molecule has 0 unspecified atom stereocenters. The molecule has 0 amide bonds. The molecular weight excluding hydrogens is 353 g/mol. The lowest BCUT2D eigenvalue weighted by Crippen LogP contribution is -2.04. The molecule has 3 rings (SSSR count). The van der Waals surface area contributed by atoms with Gasteiger partial charge < -0.3 is 9.15 Å². The van der Waals surface area contributed by atoms with Crippen LogP contribution in [0.5, 0.6) is 5.75 Å². The molecule has 130 valence electrons. The van der Waals surface area contributed by atoms with Crippen LogP contribution in [0.2, 0.25) is 0 Å². The van der Waals surface area contributed by atoms with Gasteiger partial charge in [0, 0.05) is 11.3 Å². The van der Waals surface area contributed by atoms with Crippen molar-refractivity contribution in [3.8, 4) is 17.2 Å². The minimum Gasteiger partial charge on any atom is -0.497 e. The van der Waals surface area contributed by atoms with Crippen LogP contribution < -0.4 is 4.74 Å². The Morgan fingerprint density at radius 1 is 1.08 bits per heavy atom. The molecule has 0 atom stereocenters. The summed E-state index contributed by atoms with van der Waals surface area (Å²) in [5.41, 5.74) is 0.596. The molecule has 0 saturated carbocycles. The Labute approximate surface area is 146 Å². The van der Waals surface area contributed by atoms with E-state index in [1.54, 1.807) is 37.4 Å². The molecule has 0 spiro atoms. The van der Waals surface area contributed by atoms with Crippen LogP contribution in [0.15, 0.2) is 58.2 Å². The van der Waals surface area contributed by atoms with Crippen molar-refractivity contribution in [2.45, 2.75) is 17.2 Å². The van der Waals surface area contributed by atoms with Crippen molar-refractivity contribution in [2.24, 2.45) is 0 Å². The van der Waals surface area contributed by atoms with Crippen LogP contribution in [-0.4, -0.2) is 17.3 Å². The summed E-state index contributed by atoms with van der Waals surface area (Å²) in [6.45, 7) is 0. The summed E-state index contributed by atoms with van der Waals surface area (Å²) in [7, 11) is 1.57. The molecule has 0 radical (unpaired) electrons. The number of hydrogen-bond donors (Lipinski definition) is 0. The standard InChI is InChI=1S/C17H13F3N2O2S/c1-23-14-7-5-12(6-8-14)15-21-22-16(24-15)25-10-11-3-2-4-13(9-11)17(18,19)20/h2-9H,10H2,1H3. The first-order chi connectivity index (χ1) is 12.0. The summed E-state index contributed by atoms with van der Waals surface area (Å²) in [6, 6.07) is 12.3. The number of thioether (sulfide) groups is 1. The fourth-order valence-electron chi connectivity index (χ4n) is 2.10. The van der Waals surface area contributed by atoms with E-state index >= 15 is 0 Å². The molecule has 2 aromatic carbocycles. The molecule has 0 fully saturated rings. The molecule has 1 aromatic heterocycles. The molecule has 3 aromatic rings. The molecule has 8 heteroatoms. The Hall–Kier alpha value is -2.48. The second kappa shape index (κ2) is 7.18. The third-order valence-electron chi connectivity index (χ3n) is 3.36. The van der Waals surface area contributed by atoms with Crippen LogP contribution >= 0.6 is 11.8 Å². The number of benzene rings is 2. The summed E-state index contributed by atoms with van der Waals surface area (Å²) >= 11 is 1.18. The number of halogens is 3. The van der Waals surface area contributed by atoms with Crippen molar-refractivity contribution < 1.29 is 22.3 Å². The van der Waals surface area contributed by atoms with Crippen LogP contribution in [0.25, 0.3) is 11.5 Å². The van der Waals surface area contributed by atoms with Crippen LogP contribution in [0.4, 0.5) is 13.2 Å². The minimum absolute atomic E-state index is 0.295. The zero-order valence-corrected chi connectivity index (χ0v) is 13.9. The third kappa shape index (κ3) is 4.33. The molecule has 25 heavy (non-hydrogen) atoms. The predicted octanol–water partition coefficient (Wildman–Crippen LogP) is 5.06. The Morgan fingerprint density at radius 2 is 1.84 bits per heavy atom. The Morgan fingerprint density at radius 3 is 2.52 bits per heavy atom. The first-order valence-corrected chi connectivity index (χ1v) is 8.21. The van der Waals surface area contributed by atoms with E-state index in [1.165, 1.54) is 17.8 Å². The highest BCUT2D eigenvalue weighted by Gasteiger charge is 2.30. The fourth-order valence-corrected chi connectivity index (χ4v) is 2.81. The van der Waals surface area contributed by atoms with Crippen molar-refractivity contribution in [2.75, 3.05) is 7.11 Å². The SMILES string of the molecule is COc1ccc(-c2nnc(SCc3cccc(C(F)(F)F)c3)o2)cc1. The highest BCUT2D eigenvalue weighted by Crippen LogP contribution is 2.31. The van der Waals surface area contributed by atoms with Gasteiger partial charge in [-0.25, -0.2) is 0 Å². The number of nitrogens with zero attached hydrogens (tertiary/aromatic N) is 2. The number of aromatic nitrogens is 2. The average molecular weight is 366 g/mol. The first kappa shape index (κ1) is 17.3. The Balaban J connectivity index is 1.67. The van der Waals surface area contributed by atoms with Crippen LogP contribution in [0, 0.1) is 0 Å². The maximum absolute atomic E-state index is 12.7. The average Bonchev–Trinajstić information content (AvgIpc) is 3.08. The monoisotopic (exact) mass is 366 g/mol. The van der Waals surface area contributed by atoms with Gasteiger partial charge in [-0.05, 0) is 35.9 Å². The summed E-state index contributed by atoms with van der Waals surface area (Å²) in [4.78, 5) is 0. The van der Waals surface area contributed by atoms with E-state index < -0.39 is 11.7 Å². The lowest BCUT2D eigenvalue weighted by molar-refractivity contribution is -0.137. The summed E-state index contributed by atoms with van der Waals surface area (Å²) in [6.07, 6.45) is -4.35. The molecule has 4 nitrogen and oxygen atoms in total. The Kier molecular flexibility index (Phi) is 4.98. The van der Waals surface area contributed by atoms with Crippen LogP contribution in [0.1, 0.15) is 11.1 Å². The second-order valence-corrected chi connectivity index (χ2v) is 6.02. The zero-order valence-electron chi connectivity index (χ0n) is 13.1. The smallest absolute Gasteiger partial charge is 0.416 e. The first-order valence-electron chi connectivity index (χ1n) is 7.22. The summed E-state index contributed by atoms with van der Waals surface area (Å²) < 4.78 is 48.8. The van der Waals surface area contributed by atoms with E-state index in [4.69, 9.17) is 9.15 Å². The number of ether oxygens (including phenoxy) is 1. The van der Waals surface area contributed by atoms with Gasteiger partial charge in [0.1, 0.15) is 5.75 Å². The molecule has 0 aliphatic heterocycles. The van der Waals surface area contributed by atoms with Gasteiger partial charge >= 0.3 is 6.18 Å². The van der Waals surface area contributed by atoms with E-state index in [0.717, 1.165) is 17.7 Å². The molecule has 1 heterocycles. The topological polar surface area (TPSA) is 48.2 Å². The van der Waals surface area contributed by atoms with Gasteiger partial charge in [-0.2, -0.15) is 13.2 Å². The highest BCUT2D eigenvalue weighted by molar-refractivity contribution is 7.98. The molecule has 0 saturated heterocycles. The van der Waals surface area contributed by atoms with E-state index in [1.807, 2.05) is 0 Å². The van der Waals surface area contributed by atoms with Gasteiger partial charge in [0.05, 0.1) is 12.7 Å². The van der Waals surface area contributed by atoms with Gasteiger partial charge in [-0.1, -0.05) is 30.0 Å². The number of alkyl halides is 3. The van der Waals surface area contributed by atoms with Gasteiger partial charge in [0.2, 0.25) is 5.89 Å². The molecule has 0 aliphatic rings. The normalized spacial score (nSPS) is 11.5. The van der Waals surface area contributed by atoms with E-state index in [0.29, 0.717) is 28.2 Å². The van der Waals surface area contributed by atoms with E-state index in [-0.39, 0.29) is 0 Å². The maximum atomic E-state index is 12.7. The number of methoxy groups -OCH3 is 1. The van der Waals surface area contributed by atoms with Crippen LogP contribution in [0.3, 0.4) is 0 Å². The number of rotatable bonds is 5. The van der Waals surface area contributed by atoms with Crippen molar-refractivity contribution in [1.82, 2.24) is 10.2 Å². The zero-order chi connectivity index (χ0) is 17.9. The third-order valence-corrected chi connectivity index (χ3v) is 4.25. The van der Waals surface area contributed by atoms with E-state index in [9.17, 15) is 13.2 Å². The minimum atomic E-state index is -4.35. The lowest BCUT2D eigenvalue weighted by atomic mass is 10.1. The predicted molar refractivity (Wildman–Crippen MR) is 87.3 cm³/mol. The second-order valence-electron chi connectivity index (χ2n) is 5.09. The van der Waals surface area contributed by atoms with Crippen molar-refractivity contribution >= 4 is 11.8 Å². The molecule has 0 bridgehead atoms. The number of hydrogen-bond acceptors (Lipinski definition) is 5. The largest absolute Gasteiger partial charge is 0.497 e. The van der Waals surface area contributed by atoms with Crippen LogP contribution in [-0.2, 0) is 11.9 Å². The fraction of sp³-hybridized carbons (Fsp3) is 0.176. The summed E-state index contributed by atoms with van der Waals surface area (Å²) in [5.74, 6) is 1.35. The Bertz CT molecular complexity index is 848. The molecule has 0 aliphatic carbocycles. The van der Waals surface area contributed by atoms with Gasteiger partial charge in [-0.15, -0.1) is 10.2 Å². The highest BCUT2D eigenvalue weighted by atomic mass is 32.2. The molecular formula is C17H13F3N2O2S. The quantitative estimate of drug-likeness (QED) is 0.591. The van der Waals surface area contributed by atoms with E-state index in [2.05, 4.69) is 10.2 Å². The van der Waals surface area contributed by atoms with Crippen molar-refractivity contribution in [3.05, 3.63) is 59.7 Å². The maximum Gasteiger partial charge on any atom is 0.416 e. The summed E-state index contributed by atoms with van der Waals surface area (Å²) in [5, 5.41) is 8.16. The van der Waals surface area contributed by atoms with Crippen molar-refractivity contribution in [3.63, 3.8) is 0 Å². The molecule has 0 N–H and O–H groups in total. The van der Waals surface area contributed by atoms with Gasteiger partial charge in [0.25, 0.3) is 5.22 Å². The van der Waals surface area contributed by atoms with Gasteiger partial charge in [0.15, 0.2) is 0 Å². The van der Waals surface area contributed by atoms with Gasteiger partial charge in [-0.3, -0.25) is 0 Å². The lowest BCUT2D eigenvalue weighted by Gasteiger charge is -2.07. The van der Waals surface area contributed by atoms with Crippen molar-refractivity contribution in [1.29, 1.82) is 0 Å².